The number of hydrogen-bond donors (Lipinski definition) is 3. The van der Waals surface area contributed by atoms with Crippen LogP contribution < -0.4 is 10.6 Å². The van der Waals surface area contributed by atoms with E-state index in [0.29, 0.717) is 19.4 Å². The molecule has 2 amide bonds. The number of alkyl carbamates (subject to hydrolysis) is 1. The molecule has 1 aliphatic carbocycles. The number of carbonyl (C=O) groups excluding carboxylic acids is 2. The highest BCUT2D eigenvalue weighted by Crippen LogP contribution is 2.44. The molecule has 182 valence electrons. The van der Waals surface area contributed by atoms with Gasteiger partial charge in [0.1, 0.15) is 6.61 Å². The first-order valence-corrected chi connectivity index (χ1v) is 11.5. The number of amides is 2. The molecule has 9 heteroatoms. The molecular formula is C26H28N4O5. The summed E-state index contributed by atoms with van der Waals surface area (Å²) in [5, 5.41) is 18.4. The molecular weight excluding hydrogens is 448 g/mol. The molecule has 3 aromatic rings. The average molecular weight is 477 g/mol. The van der Waals surface area contributed by atoms with Crippen molar-refractivity contribution in [1.29, 1.82) is 0 Å². The number of carbonyl (C=O) groups is 3. The number of nitrogens with one attached hydrogen (secondary N) is 2. The lowest BCUT2D eigenvalue weighted by Crippen LogP contribution is -2.28. The molecule has 1 heterocycles. The number of benzene rings is 2. The highest BCUT2D eigenvalue weighted by molar-refractivity contribution is 5.99. The molecule has 1 aromatic heterocycles. The predicted octanol–water partition coefficient (Wildman–Crippen LogP) is 4.01. The van der Waals surface area contributed by atoms with E-state index in [0.717, 1.165) is 11.1 Å². The Labute approximate surface area is 203 Å². The fourth-order valence-corrected chi connectivity index (χ4v) is 4.37. The molecule has 4 rings (SSSR count). The molecule has 1 atom stereocenters. The maximum Gasteiger partial charge on any atom is 0.407 e. The lowest BCUT2D eigenvalue weighted by Gasteiger charge is -2.15. The minimum Gasteiger partial charge on any atom is -0.476 e. The maximum atomic E-state index is 12.4. The van der Waals surface area contributed by atoms with E-state index in [9.17, 15) is 19.5 Å². The van der Waals surface area contributed by atoms with Crippen molar-refractivity contribution in [3.63, 3.8) is 0 Å². The number of fused-ring (bicyclic) bond motifs is 3. The molecule has 0 radical (unpaired) electrons. The topological polar surface area (TPSA) is 123 Å². The summed E-state index contributed by atoms with van der Waals surface area (Å²) in [6.45, 7) is 2.36. The Morgan fingerprint density at radius 1 is 1.09 bits per heavy atom. The molecule has 0 spiro atoms. The van der Waals surface area contributed by atoms with Crippen molar-refractivity contribution in [3.8, 4) is 11.1 Å². The van der Waals surface area contributed by atoms with Gasteiger partial charge in [0.15, 0.2) is 5.69 Å². The van der Waals surface area contributed by atoms with E-state index in [-0.39, 0.29) is 35.7 Å². The van der Waals surface area contributed by atoms with Gasteiger partial charge in [-0.2, -0.15) is 5.10 Å². The number of carboxylic acid groups (broad SMARTS) is 1. The Kier molecular flexibility index (Phi) is 7.14. The Bertz CT molecular complexity index is 1210. The van der Waals surface area contributed by atoms with Gasteiger partial charge in [-0.15, -0.1) is 0 Å². The molecule has 1 unspecified atom stereocenters. The number of aryl methyl sites for hydroxylation is 1. The summed E-state index contributed by atoms with van der Waals surface area (Å²) in [6, 6.07) is 16.3. The fourth-order valence-electron chi connectivity index (χ4n) is 4.37. The molecule has 0 aliphatic heterocycles. The van der Waals surface area contributed by atoms with Crippen molar-refractivity contribution in [1.82, 2.24) is 15.1 Å². The molecule has 0 bridgehead atoms. The molecule has 0 saturated carbocycles. The van der Waals surface area contributed by atoms with Gasteiger partial charge in [0.2, 0.25) is 5.91 Å². The summed E-state index contributed by atoms with van der Waals surface area (Å²) in [5.41, 5.74) is 4.61. The van der Waals surface area contributed by atoms with E-state index >= 15 is 0 Å². The van der Waals surface area contributed by atoms with Crippen LogP contribution in [0.3, 0.4) is 0 Å². The van der Waals surface area contributed by atoms with Gasteiger partial charge in [0, 0.05) is 31.6 Å². The summed E-state index contributed by atoms with van der Waals surface area (Å²) in [6.07, 6.45) is 2.04. The second-order valence-corrected chi connectivity index (χ2v) is 8.66. The van der Waals surface area contributed by atoms with Crippen LogP contribution in [0.15, 0.2) is 54.7 Å². The second-order valence-electron chi connectivity index (χ2n) is 8.66. The van der Waals surface area contributed by atoms with Gasteiger partial charge in [0.05, 0.1) is 5.69 Å². The molecule has 9 nitrogen and oxygen atoms in total. The first kappa shape index (κ1) is 24.0. The second kappa shape index (κ2) is 10.4. The lowest BCUT2D eigenvalue weighted by atomic mass is 9.98. The molecule has 1 aliphatic rings. The smallest absolute Gasteiger partial charge is 0.407 e. The highest BCUT2D eigenvalue weighted by Gasteiger charge is 2.29. The van der Waals surface area contributed by atoms with Crippen LogP contribution in [-0.2, 0) is 16.6 Å². The number of aromatic nitrogens is 2. The Morgan fingerprint density at radius 3 is 2.34 bits per heavy atom. The average Bonchev–Trinajstić information content (AvgIpc) is 3.37. The normalized spacial score (nSPS) is 13.0. The largest absolute Gasteiger partial charge is 0.476 e. The van der Waals surface area contributed by atoms with E-state index in [1.165, 1.54) is 22.0 Å². The van der Waals surface area contributed by atoms with E-state index in [1.54, 1.807) is 14.0 Å². The van der Waals surface area contributed by atoms with Crippen molar-refractivity contribution in [2.75, 3.05) is 18.5 Å². The zero-order chi connectivity index (χ0) is 24.9. The molecule has 0 saturated heterocycles. The number of anilines is 1. The summed E-state index contributed by atoms with van der Waals surface area (Å²) in [7, 11) is 1.58. The zero-order valence-electron chi connectivity index (χ0n) is 19.7. The van der Waals surface area contributed by atoms with Crippen molar-refractivity contribution < 1.29 is 24.2 Å². The lowest BCUT2D eigenvalue weighted by molar-refractivity contribution is -0.119. The highest BCUT2D eigenvalue weighted by atomic mass is 16.5. The fraction of sp³-hybridized carbons (Fsp3) is 0.308. The molecule has 35 heavy (non-hydrogen) atoms. The van der Waals surface area contributed by atoms with Crippen molar-refractivity contribution in [2.45, 2.75) is 25.7 Å². The Balaban J connectivity index is 1.21. The minimum absolute atomic E-state index is 0.0000351. The van der Waals surface area contributed by atoms with Crippen LogP contribution in [0.1, 0.15) is 47.3 Å². The third kappa shape index (κ3) is 5.34. The van der Waals surface area contributed by atoms with Gasteiger partial charge in [-0.25, -0.2) is 9.59 Å². The van der Waals surface area contributed by atoms with E-state index in [2.05, 4.69) is 40.0 Å². The van der Waals surface area contributed by atoms with E-state index < -0.39 is 12.1 Å². The van der Waals surface area contributed by atoms with Crippen LogP contribution in [0.2, 0.25) is 0 Å². The quantitative estimate of drug-likeness (QED) is 0.401. The first-order valence-electron chi connectivity index (χ1n) is 11.5. The SMILES string of the molecule is CC(CCCNC(=O)OCC1c2ccccc2-c2ccccc21)C(=O)Nc1cn(C)nc1C(=O)O. The summed E-state index contributed by atoms with van der Waals surface area (Å²) in [4.78, 5) is 35.9. The van der Waals surface area contributed by atoms with Gasteiger partial charge in [-0.05, 0) is 35.1 Å². The summed E-state index contributed by atoms with van der Waals surface area (Å²) >= 11 is 0. The number of carboxylic acids is 1. The number of hydrogen-bond acceptors (Lipinski definition) is 5. The van der Waals surface area contributed by atoms with Gasteiger partial charge >= 0.3 is 12.1 Å². The summed E-state index contributed by atoms with van der Waals surface area (Å²) < 4.78 is 6.85. The van der Waals surface area contributed by atoms with Crippen LogP contribution in [0.5, 0.6) is 0 Å². The van der Waals surface area contributed by atoms with Crippen molar-refractivity contribution in [3.05, 3.63) is 71.5 Å². The zero-order valence-corrected chi connectivity index (χ0v) is 19.7. The predicted molar refractivity (Wildman–Crippen MR) is 130 cm³/mol. The van der Waals surface area contributed by atoms with Gasteiger partial charge in [-0.3, -0.25) is 9.48 Å². The first-order chi connectivity index (χ1) is 16.8. The number of ether oxygens (including phenoxy) is 1. The van der Waals surface area contributed by atoms with Crippen LogP contribution in [-0.4, -0.2) is 46.0 Å². The third-order valence-corrected chi connectivity index (χ3v) is 6.16. The monoisotopic (exact) mass is 476 g/mol. The van der Waals surface area contributed by atoms with Crippen LogP contribution >= 0.6 is 0 Å². The Morgan fingerprint density at radius 2 is 1.71 bits per heavy atom. The minimum atomic E-state index is -1.21. The van der Waals surface area contributed by atoms with E-state index in [4.69, 9.17) is 4.74 Å². The van der Waals surface area contributed by atoms with Crippen molar-refractivity contribution >= 4 is 23.7 Å². The number of aromatic carboxylic acids is 1. The standard InChI is InChI=1S/C26H28N4O5/c1-16(24(31)28-22-14-30(2)29-23(22)25(32)33)8-7-13-27-26(34)35-15-21-19-11-5-3-9-17(19)18-10-4-6-12-20(18)21/h3-6,9-12,14,16,21H,7-8,13,15H2,1-2H3,(H,27,34)(H,28,31)(H,32,33). The van der Waals surface area contributed by atoms with Gasteiger partial charge in [-0.1, -0.05) is 55.5 Å². The van der Waals surface area contributed by atoms with E-state index in [1.807, 2.05) is 24.3 Å². The number of rotatable bonds is 9. The third-order valence-electron chi connectivity index (χ3n) is 6.16. The summed E-state index contributed by atoms with van der Waals surface area (Å²) in [5.74, 6) is -1.89. The molecule has 0 fully saturated rings. The molecule has 2 aromatic carbocycles. The van der Waals surface area contributed by atoms with Crippen LogP contribution in [0.25, 0.3) is 11.1 Å². The Hall–Kier alpha value is -4.14. The molecule has 3 N–H and O–H groups in total. The van der Waals surface area contributed by atoms with Gasteiger partial charge < -0.3 is 20.5 Å². The van der Waals surface area contributed by atoms with Gasteiger partial charge in [0.25, 0.3) is 0 Å². The maximum absolute atomic E-state index is 12.4. The van der Waals surface area contributed by atoms with Crippen LogP contribution in [0.4, 0.5) is 10.5 Å². The van der Waals surface area contributed by atoms with Crippen molar-refractivity contribution in [2.24, 2.45) is 13.0 Å². The van der Waals surface area contributed by atoms with Crippen LogP contribution in [0, 0.1) is 5.92 Å². The number of nitrogens with zero attached hydrogens (tertiary/aromatic N) is 2.